The fourth-order valence-corrected chi connectivity index (χ4v) is 0.481. The van der Waals surface area contributed by atoms with Gasteiger partial charge in [-0.2, -0.15) is 0 Å². The van der Waals surface area contributed by atoms with Crippen molar-refractivity contribution in [2.24, 2.45) is 0 Å². The molecule has 0 aliphatic carbocycles. The highest BCUT2D eigenvalue weighted by molar-refractivity contribution is 4.48. The normalized spacial score (nSPS) is 10.3. The average molecular weight is 100 g/mol. The van der Waals surface area contributed by atoms with Crippen molar-refractivity contribution in [1.29, 1.82) is 0 Å². The molecule has 1 heteroatoms. The van der Waals surface area contributed by atoms with Gasteiger partial charge in [-0.15, -0.1) is 0 Å². The van der Waals surface area contributed by atoms with Gasteiger partial charge in [0.05, 0.1) is 6.10 Å². The molecule has 0 aromatic carbocycles. The molecule has 0 fully saturated rings. The highest BCUT2D eigenvalue weighted by Crippen LogP contribution is 1.99. The minimum Gasteiger partial charge on any atom is -0.369 e. The quantitative estimate of drug-likeness (QED) is 0.526. The summed E-state index contributed by atoms with van der Waals surface area (Å²) in [6, 6.07) is 0. The van der Waals surface area contributed by atoms with Crippen LogP contribution in [0.4, 0.5) is 0 Å². The van der Waals surface area contributed by atoms with Gasteiger partial charge >= 0.3 is 0 Å². The van der Waals surface area contributed by atoms with E-state index in [0.717, 1.165) is 12.8 Å². The smallest absolute Gasteiger partial charge is 0.115 e. The van der Waals surface area contributed by atoms with Gasteiger partial charge in [0.2, 0.25) is 0 Å². The summed E-state index contributed by atoms with van der Waals surface area (Å²) >= 11 is 0. The highest BCUT2D eigenvalue weighted by atomic mass is 16.5. The van der Waals surface area contributed by atoms with Gasteiger partial charge in [0.1, 0.15) is 7.11 Å². The van der Waals surface area contributed by atoms with Crippen LogP contribution < -0.4 is 0 Å². The van der Waals surface area contributed by atoms with E-state index in [1.54, 1.807) is 0 Å². The zero-order valence-electron chi connectivity index (χ0n) is 4.98. The van der Waals surface area contributed by atoms with Crippen LogP contribution in [-0.4, -0.2) is 6.10 Å². The van der Waals surface area contributed by atoms with E-state index in [2.05, 4.69) is 18.6 Å². The maximum atomic E-state index is 4.89. The van der Waals surface area contributed by atoms with Gasteiger partial charge < -0.3 is 4.74 Å². The van der Waals surface area contributed by atoms with Crippen molar-refractivity contribution in [1.82, 2.24) is 0 Å². The highest BCUT2D eigenvalue weighted by Gasteiger charge is 1.96. The van der Waals surface area contributed by atoms with Crippen LogP contribution in [0.2, 0.25) is 0 Å². The average Bonchev–Trinajstić information content (AvgIpc) is 1.72. The Bertz CT molecular complexity index is 25.7. The van der Waals surface area contributed by atoms with Gasteiger partial charge in [-0.1, -0.05) is 13.8 Å². The van der Waals surface area contributed by atoms with Gasteiger partial charge in [0, 0.05) is 0 Å². The Labute approximate surface area is 45.7 Å². The lowest BCUT2D eigenvalue weighted by Crippen LogP contribution is -2.03. The Morgan fingerprint density at radius 3 is 1.86 bits per heavy atom. The monoisotopic (exact) mass is 100 g/mol. The van der Waals surface area contributed by atoms with Crippen molar-refractivity contribution in [2.75, 3.05) is 0 Å². The Morgan fingerprint density at radius 1 is 1.43 bits per heavy atom. The predicted octanol–water partition coefficient (Wildman–Crippen LogP) is 1.86. The summed E-state index contributed by atoms with van der Waals surface area (Å²) in [7, 11) is 4.89. The molecule has 7 heavy (non-hydrogen) atoms. The molecule has 0 atom stereocenters. The summed E-state index contributed by atoms with van der Waals surface area (Å²) in [4.78, 5) is 0. The van der Waals surface area contributed by atoms with E-state index in [-0.39, 0.29) is 6.10 Å². The van der Waals surface area contributed by atoms with E-state index in [0.29, 0.717) is 0 Å². The molecule has 0 N–H and O–H groups in total. The standard InChI is InChI=1S/C6H12O/c1-4-6(5-2)7-3/h3,6H,4-5H2,1-2H3. The second-order valence-electron chi connectivity index (χ2n) is 1.57. The second kappa shape index (κ2) is 4.13. The topological polar surface area (TPSA) is 9.23 Å². The van der Waals surface area contributed by atoms with Crippen LogP contribution in [0.15, 0.2) is 0 Å². The van der Waals surface area contributed by atoms with E-state index in [9.17, 15) is 0 Å². The molecule has 0 aliphatic rings. The molecule has 0 unspecified atom stereocenters. The summed E-state index contributed by atoms with van der Waals surface area (Å²) in [6.45, 7) is 4.11. The third-order valence-electron chi connectivity index (χ3n) is 1.10. The van der Waals surface area contributed by atoms with Crippen LogP contribution >= 0.6 is 0 Å². The van der Waals surface area contributed by atoms with Gasteiger partial charge in [-0.3, -0.25) is 0 Å². The summed E-state index contributed by atoms with van der Waals surface area (Å²) < 4.78 is 4.55. The van der Waals surface area contributed by atoms with Crippen molar-refractivity contribution < 1.29 is 4.74 Å². The molecule has 42 valence electrons. The van der Waals surface area contributed by atoms with Gasteiger partial charge in [0.15, 0.2) is 0 Å². The first-order valence-electron chi connectivity index (χ1n) is 2.70. The molecule has 0 aromatic rings. The zero-order valence-corrected chi connectivity index (χ0v) is 4.98. The molecule has 0 rings (SSSR count). The fourth-order valence-electron chi connectivity index (χ4n) is 0.481. The Morgan fingerprint density at radius 2 is 1.86 bits per heavy atom. The van der Waals surface area contributed by atoms with Crippen molar-refractivity contribution in [3.63, 3.8) is 0 Å². The van der Waals surface area contributed by atoms with Crippen molar-refractivity contribution in [3.8, 4) is 0 Å². The maximum absolute atomic E-state index is 4.89. The molecule has 2 radical (unpaired) electrons. The van der Waals surface area contributed by atoms with Crippen molar-refractivity contribution in [2.45, 2.75) is 32.8 Å². The van der Waals surface area contributed by atoms with Crippen molar-refractivity contribution in [3.05, 3.63) is 7.11 Å². The van der Waals surface area contributed by atoms with Gasteiger partial charge in [-0.05, 0) is 12.8 Å². The lowest BCUT2D eigenvalue weighted by atomic mass is 10.2. The summed E-state index contributed by atoms with van der Waals surface area (Å²) in [6.07, 6.45) is 2.28. The van der Waals surface area contributed by atoms with E-state index < -0.39 is 0 Å². The maximum Gasteiger partial charge on any atom is 0.115 e. The van der Waals surface area contributed by atoms with Crippen LogP contribution in [0, 0.1) is 7.11 Å². The van der Waals surface area contributed by atoms with Crippen LogP contribution in [0.5, 0.6) is 0 Å². The van der Waals surface area contributed by atoms with Crippen LogP contribution in [0.1, 0.15) is 26.7 Å². The van der Waals surface area contributed by atoms with Crippen LogP contribution in [0.3, 0.4) is 0 Å². The Kier molecular flexibility index (Phi) is 4.10. The lowest BCUT2D eigenvalue weighted by Gasteiger charge is -2.06. The summed E-state index contributed by atoms with van der Waals surface area (Å²) in [5.74, 6) is 0. The fraction of sp³-hybridized carbons (Fsp3) is 0.833. The third-order valence-corrected chi connectivity index (χ3v) is 1.10. The molecular formula is C6H12O. The Balaban J connectivity index is 2.99. The molecule has 1 nitrogen and oxygen atoms in total. The number of ether oxygens (including phenoxy) is 1. The lowest BCUT2D eigenvalue weighted by molar-refractivity contribution is 0.130. The zero-order chi connectivity index (χ0) is 5.70. The van der Waals surface area contributed by atoms with E-state index in [4.69, 9.17) is 7.11 Å². The van der Waals surface area contributed by atoms with E-state index in [1.165, 1.54) is 0 Å². The van der Waals surface area contributed by atoms with Gasteiger partial charge in [0.25, 0.3) is 0 Å². The SMILES string of the molecule is [CH]OC(CC)CC. The molecule has 0 spiro atoms. The van der Waals surface area contributed by atoms with Crippen molar-refractivity contribution >= 4 is 0 Å². The molecule has 0 saturated carbocycles. The molecule has 0 saturated heterocycles. The molecular weight excluding hydrogens is 88.1 g/mol. The largest absolute Gasteiger partial charge is 0.369 e. The molecule has 0 heterocycles. The number of hydrogen-bond donors (Lipinski definition) is 0. The van der Waals surface area contributed by atoms with Gasteiger partial charge in [-0.25, -0.2) is 0 Å². The number of hydrogen-bond acceptors (Lipinski definition) is 1. The van der Waals surface area contributed by atoms with E-state index in [1.807, 2.05) is 0 Å². The minimum absolute atomic E-state index is 0.264. The Hall–Kier alpha value is -0.0400. The summed E-state index contributed by atoms with van der Waals surface area (Å²) in [5, 5.41) is 0. The molecule has 0 amide bonds. The predicted molar refractivity (Wildman–Crippen MR) is 29.8 cm³/mol. The first-order chi connectivity index (χ1) is 3.35. The van der Waals surface area contributed by atoms with Crippen LogP contribution in [-0.2, 0) is 4.74 Å². The summed E-state index contributed by atoms with van der Waals surface area (Å²) in [5.41, 5.74) is 0. The molecule has 0 aliphatic heterocycles. The first kappa shape index (κ1) is 6.96. The minimum atomic E-state index is 0.264. The molecule has 0 bridgehead atoms. The number of rotatable bonds is 3. The van der Waals surface area contributed by atoms with Crippen LogP contribution in [0.25, 0.3) is 0 Å². The first-order valence-corrected chi connectivity index (χ1v) is 2.70. The van der Waals surface area contributed by atoms with E-state index >= 15 is 0 Å². The molecule has 0 aromatic heterocycles. The third kappa shape index (κ3) is 2.63. The second-order valence-corrected chi connectivity index (χ2v) is 1.57.